The highest BCUT2D eigenvalue weighted by Gasteiger charge is 2.28. The third-order valence-corrected chi connectivity index (χ3v) is 5.66. The van der Waals surface area contributed by atoms with Crippen LogP contribution in [0.3, 0.4) is 0 Å². The van der Waals surface area contributed by atoms with Gasteiger partial charge in [0, 0.05) is 4.88 Å². The average Bonchev–Trinajstić information content (AvgIpc) is 3.20. The van der Waals surface area contributed by atoms with Gasteiger partial charge in [0.25, 0.3) is 0 Å². The molecule has 144 valence electrons. The molecule has 27 heavy (non-hydrogen) atoms. The number of thiophene rings is 1. The lowest BCUT2D eigenvalue weighted by Crippen LogP contribution is -2.23. The van der Waals surface area contributed by atoms with Crippen LogP contribution in [0.2, 0.25) is 0 Å². The van der Waals surface area contributed by atoms with Gasteiger partial charge in [0.15, 0.2) is 0 Å². The zero-order chi connectivity index (χ0) is 19.4. The molecule has 1 amide bonds. The molecular weight excluding hydrogens is 364 g/mol. The van der Waals surface area contributed by atoms with Gasteiger partial charge >= 0.3 is 5.97 Å². The summed E-state index contributed by atoms with van der Waals surface area (Å²) >= 11 is 1.48. The molecule has 0 aliphatic heterocycles. The fraction of sp³-hybridized carbons (Fsp3) is 0.400. The molecule has 0 saturated carbocycles. The molecule has 0 spiro atoms. The zero-order valence-electron chi connectivity index (χ0n) is 15.8. The number of benzene rings is 1. The van der Waals surface area contributed by atoms with Crippen molar-refractivity contribution in [2.75, 3.05) is 30.9 Å². The van der Waals surface area contributed by atoms with Crippen LogP contribution in [0.15, 0.2) is 18.2 Å². The van der Waals surface area contributed by atoms with Crippen LogP contribution in [0, 0.1) is 6.92 Å². The second kappa shape index (κ2) is 8.43. The first-order valence-corrected chi connectivity index (χ1v) is 9.85. The summed E-state index contributed by atoms with van der Waals surface area (Å²) < 4.78 is 10.5. The van der Waals surface area contributed by atoms with Crippen LogP contribution in [-0.4, -0.2) is 32.1 Å². The van der Waals surface area contributed by atoms with E-state index < -0.39 is 0 Å². The highest BCUT2D eigenvalue weighted by molar-refractivity contribution is 7.17. The van der Waals surface area contributed by atoms with E-state index in [0.717, 1.165) is 36.1 Å². The Morgan fingerprint density at radius 1 is 1.26 bits per heavy atom. The molecule has 0 bridgehead atoms. The lowest BCUT2D eigenvalue weighted by atomic mass is 10.1. The summed E-state index contributed by atoms with van der Waals surface area (Å²) in [6.45, 7) is 4.14. The Bertz CT molecular complexity index is 860. The van der Waals surface area contributed by atoms with Gasteiger partial charge in [-0.15, -0.1) is 11.3 Å². The molecule has 2 aromatic rings. The normalized spacial score (nSPS) is 12.4. The van der Waals surface area contributed by atoms with Gasteiger partial charge in [0.2, 0.25) is 5.91 Å². The van der Waals surface area contributed by atoms with E-state index in [-0.39, 0.29) is 18.4 Å². The maximum absolute atomic E-state index is 12.5. The van der Waals surface area contributed by atoms with Crippen LogP contribution < -0.4 is 15.4 Å². The maximum Gasteiger partial charge on any atom is 0.341 e. The topological polar surface area (TPSA) is 76.7 Å². The number of methoxy groups -OCH3 is 1. The first kappa shape index (κ1) is 19.2. The number of amides is 1. The molecule has 0 fully saturated rings. The van der Waals surface area contributed by atoms with Crippen molar-refractivity contribution in [2.24, 2.45) is 0 Å². The third-order valence-electron chi connectivity index (χ3n) is 4.45. The molecule has 0 saturated heterocycles. The van der Waals surface area contributed by atoms with Gasteiger partial charge in [-0.2, -0.15) is 0 Å². The first-order chi connectivity index (χ1) is 13.0. The summed E-state index contributed by atoms with van der Waals surface area (Å²) in [6.07, 6.45) is 2.84. The number of ether oxygens (including phenoxy) is 2. The second-order valence-electron chi connectivity index (χ2n) is 6.39. The van der Waals surface area contributed by atoms with E-state index in [1.165, 1.54) is 16.2 Å². The Labute approximate surface area is 162 Å². The summed E-state index contributed by atoms with van der Waals surface area (Å²) in [5.74, 6) is 0.0975. The summed E-state index contributed by atoms with van der Waals surface area (Å²) in [5.41, 5.74) is 3.38. The molecule has 0 radical (unpaired) electrons. The number of carbonyl (C=O) groups excluding carboxylic acids is 2. The Balaban J connectivity index is 1.72. The van der Waals surface area contributed by atoms with Crippen LogP contribution in [0.1, 0.15) is 39.7 Å². The largest absolute Gasteiger partial charge is 0.495 e. The first-order valence-electron chi connectivity index (χ1n) is 9.03. The molecule has 7 heteroatoms. The molecule has 1 aromatic heterocycles. The highest BCUT2D eigenvalue weighted by Crippen LogP contribution is 2.39. The lowest BCUT2D eigenvalue weighted by molar-refractivity contribution is -0.114. The number of fused-ring (bicyclic) bond motifs is 1. The minimum atomic E-state index is -0.361. The minimum Gasteiger partial charge on any atom is -0.495 e. The number of hydrogen-bond acceptors (Lipinski definition) is 6. The Hall–Kier alpha value is -2.54. The molecule has 3 rings (SSSR count). The lowest BCUT2D eigenvalue weighted by Gasteiger charge is -2.12. The molecule has 2 N–H and O–H groups in total. The van der Waals surface area contributed by atoms with Crippen LogP contribution in [0.4, 0.5) is 10.7 Å². The molecule has 0 unspecified atom stereocenters. The molecule has 1 aliphatic carbocycles. The fourth-order valence-electron chi connectivity index (χ4n) is 3.22. The second-order valence-corrected chi connectivity index (χ2v) is 7.49. The van der Waals surface area contributed by atoms with Crippen LogP contribution in [-0.2, 0) is 22.4 Å². The van der Waals surface area contributed by atoms with E-state index in [1.807, 2.05) is 25.1 Å². The van der Waals surface area contributed by atoms with Crippen molar-refractivity contribution in [3.05, 3.63) is 39.8 Å². The monoisotopic (exact) mass is 388 g/mol. The van der Waals surface area contributed by atoms with E-state index in [2.05, 4.69) is 10.6 Å². The Morgan fingerprint density at radius 3 is 2.81 bits per heavy atom. The molecule has 1 aromatic carbocycles. The van der Waals surface area contributed by atoms with Crippen LogP contribution in [0.25, 0.3) is 0 Å². The van der Waals surface area contributed by atoms with Crippen molar-refractivity contribution in [3.8, 4) is 5.75 Å². The van der Waals surface area contributed by atoms with Crippen molar-refractivity contribution in [1.82, 2.24) is 0 Å². The third kappa shape index (κ3) is 4.24. The minimum absolute atomic E-state index is 0.0741. The van der Waals surface area contributed by atoms with Crippen LogP contribution in [0.5, 0.6) is 5.75 Å². The summed E-state index contributed by atoms with van der Waals surface area (Å²) in [5, 5.41) is 6.56. The number of nitrogens with one attached hydrogen (secondary N) is 2. The van der Waals surface area contributed by atoms with Gasteiger partial charge in [-0.1, -0.05) is 6.07 Å². The molecular formula is C20H24N2O4S. The van der Waals surface area contributed by atoms with Gasteiger partial charge < -0.3 is 20.1 Å². The highest BCUT2D eigenvalue weighted by atomic mass is 32.1. The zero-order valence-corrected chi connectivity index (χ0v) is 16.6. The molecule has 1 heterocycles. The summed E-state index contributed by atoms with van der Waals surface area (Å²) in [4.78, 5) is 26.0. The number of esters is 1. The summed E-state index contributed by atoms with van der Waals surface area (Å²) in [7, 11) is 1.59. The van der Waals surface area contributed by atoms with E-state index in [0.29, 0.717) is 22.9 Å². The average molecular weight is 388 g/mol. The van der Waals surface area contributed by atoms with Crippen LogP contribution >= 0.6 is 11.3 Å². The predicted molar refractivity (Wildman–Crippen MR) is 107 cm³/mol. The van der Waals surface area contributed by atoms with Gasteiger partial charge in [-0.3, -0.25) is 4.79 Å². The number of aryl methyl sites for hydroxylation is 2. The van der Waals surface area contributed by atoms with Crippen molar-refractivity contribution in [1.29, 1.82) is 0 Å². The van der Waals surface area contributed by atoms with Crippen molar-refractivity contribution in [3.63, 3.8) is 0 Å². The molecule has 6 nitrogen and oxygen atoms in total. The van der Waals surface area contributed by atoms with Gasteiger partial charge in [0.05, 0.1) is 31.5 Å². The van der Waals surface area contributed by atoms with E-state index in [9.17, 15) is 9.59 Å². The fourth-order valence-corrected chi connectivity index (χ4v) is 4.51. The Kier molecular flexibility index (Phi) is 6.01. The van der Waals surface area contributed by atoms with Crippen molar-refractivity contribution >= 4 is 33.9 Å². The summed E-state index contributed by atoms with van der Waals surface area (Å²) in [6, 6.07) is 5.73. The predicted octanol–water partition coefficient (Wildman–Crippen LogP) is 3.78. The van der Waals surface area contributed by atoms with Gasteiger partial charge in [-0.05, 0) is 56.4 Å². The molecule has 0 atom stereocenters. The van der Waals surface area contributed by atoms with Crippen molar-refractivity contribution < 1.29 is 19.1 Å². The maximum atomic E-state index is 12.5. The van der Waals surface area contributed by atoms with E-state index >= 15 is 0 Å². The van der Waals surface area contributed by atoms with E-state index in [1.54, 1.807) is 14.0 Å². The number of anilines is 2. The number of carbonyl (C=O) groups is 2. The van der Waals surface area contributed by atoms with Gasteiger partial charge in [0.1, 0.15) is 10.8 Å². The van der Waals surface area contributed by atoms with E-state index in [4.69, 9.17) is 9.47 Å². The molecule has 1 aliphatic rings. The Morgan fingerprint density at radius 2 is 2.07 bits per heavy atom. The number of hydrogen-bond donors (Lipinski definition) is 2. The van der Waals surface area contributed by atoms with Gasteiger partial charge in [-0.25, -0.2) is 4.79 Å². The quantitative estimate of drug-likeness (QED) is 0.706. The SMILES string of the molecule is CCOC(=O)c1c(NC(=O)CNc2cc(C)ccc2OC)sc2c1CCC2. The number of rotatable bonds is 7. The van der Waals surface area contributed by atoms with Crippen molar-refractivity contribution in [2.45, 2.75) is 33.1 Å². The standard InChI is InChI=1S/C20H24N2O4S/c1-4-26-20(24)18-13-6-5-7-16(13)27-19(18)22-17(23)11-21-14-10-12(2)8-9-15(14)25-3/h8-10,21H,4-7,11H2,1-3H3,(H,22,23). The smallest absolute Gasteiger partial charge is 0.341 e.